The van der Waals surface area contributed by atoms with E-state index in [2.05, 4.69) is 15.5 Å². The highest BCUT2D eigenvalue weighted by Crippen LogP contribution is 2.60. The molecule has 3 rings (SSSR count). The molecule has 1 aromatic heterocycles. The smallest absolute Gasteiger partial charge is 0.234 e. The zero-order valence-electron chi connectivity index (χ0n) is 15.4. The molecule has 2 aromatic rings. The Morgan fingerprint density at radius 2 is 1.89 bits per heavy atom. The normalized spacial score (nSPS) is 20.5. The Labute approximate surface area is 177 Å². The molecular formula is C18H19Cl2N3O3S2. The van der Waals surface area contributed by atoms with E-state index < -0.39 is 9.84 Å². The Balaban J connectivity index is 1.69. The zero-order chi connectivity index (χ0) is 20.7. The van der Waals surface area contributed by atoms with Crippen molar-refractivity contribution in [1.29, 1.82) is 0 Å². The number of halogens is 2. The zero-order valence-corrected chi connectivity index (χ0v) is 18.6. The Morgan fingerprint density at radius 3 is 2.50 bits per heavy atom. The molecule has 1 heterocycles. The molecular weight excluding hydrogens is 441 g/mol. The first-order valence-electron chi connectivity index (χ1n) is 8.46. The van der Waals surface area contributed by atoms with Gasteiger partial charge in [-0.05, 0) is 29.9 Å². The van der Waals surface area contributed by atoms with Crippen LogP contribution in [0.2, 0.25) is 0 Å². The van der Waals surface area contributed by atoms with Crippen molar-refractivity contribution in [3.05, 3.63) is 46.0 Å². The van der Waals surface area contributed by atoms with Gasteiger partial charge in [0.25, 0.3) is 0 Å². The molecule has 1 N–H and O–H groups in total. The van der Waals surface area contributed by atoms with Crippen LogP contribution in [0.1, 0.15) is 25.0 Å². The third kappa shape index (κ3) is 4.56. The third-order valence-electron chi connectivity index (χ3n) is 4.88. The first-order valence-corrected chi connectivity index (χ1v) is 11.7. The number of sulfone groups is 1. The van der Waals surface area contributed by atoms with Crippen LogP contribution in [-0.2, 0) is 20.4 Å². The predicted octanol–water partition coefficient (Wildman–Crippen LogP) is 4.35. The van der Waals surface area contributed by atoms with Crippen molar-refractivity contribution >= 4 is 55.4 Å². The average molecular weight is 460 g/mol. The number of aromatic nitrogens is 2. The van der Waals surface area contributed by atoms with Crippen LogP contribution in [0.15, 0.2) is 39.2 Å². The van der Waals surface area contributed by atoms with Crippen molar-refractivity contribution in [2.75, 3.05) is 5.32 Å². The minimum absolute atomic E-state index is 0.0878. The van der Waals surface area contributed by atoms with Gasteiger partial charge in [0, 0.05) is 0 Å². The highest BCUT2D eigenvalue weighted by Gasteiger charge is 2.60. The maximum Gasteiger partial charge on any atom is 0.234 e. The van der Waals surface area contributed by atoms with Crippen LogP contribution in [-0.4, -0.2) is 24.5 Å². The summed E-state index contributed by atoms with van der Waals surface area (Å²) in [6.07, 6.45) is 1.64. The first kappa shape index (κ1) is 21.2. The molecule has 28 heavy (non-hydrogen) atoms. The number of nitrogens with one attached hydrogen (secondary N) is 1. The molecule has 0 saturated heterocycles. The molecule has 0 aliphatic heterocycles. The number of carbonyl (C=O) groups excluding carboxylic acids is 1. The number of hydrogen-bond acceptors (Lipinski definition) is 6. The number of benzene rings is 1. The van der Waals surface area contributed by atoms with Gasteiger partial charge in [-0.3, -0.25) is 4.79 Å². The average Bonchev–Trinajstić information content (AvgIpc) is 2.93. The molecule has 0 radical (unpaired) electrons. The summed E-state index contributed by atoms with van der Waals surface area (Å²) in [4.78, 5) is 12.5. The number of anilines is 1. The molecule has 2 atom stereocenters. The Hall–Kier alpha value is -1.48. The lowest BCUT2D eigenvalue weighted by Crippen LogP contribution is -2.16. The molecule has 150 valence electrons. The van der Waals surface area contributed by atoms with Gasteiger partial charge in [0.15, 0.2) is 0 Å². The Morgan fingerprint density at radius 1 is 1.25 bits per heavy atom. The molecule has 10 heteroatoms. The molecule has 0 bridgehead atoms. The van der Waals surface area contributed by atoms with Crippen molar-refractivity contribution in [1.82, 2.24) is 10.2 Å². The summed E-state index contributed by atoms with van der Waals surface area (Å²) in [5.74, 6) is -0.849. The van der Waals surface area contributed by atoms with E-state index in [0.717, 1.165) is 16.9 Å². The lowest BCUT2D eigenvalue weighted by Gasteiger charge is -2.02. The lowest BCUT2D eigenvalue weighted by atomic mass is 10.1. The minimum Gasteiger partial charge on any atom is -0.300 e. The molecule has 1 fully saturated rings. The lowest BCUT2D eigenvalue weighted by molar-refractivity contribution is -0.118. The van der Waals surface area contributed by atoms with Gasteiger partial charge in [-0.25, -0.2) is 8.42 Å². The maximum atomic E-state index is 12.6. The fraction of sp³-hybridized carbons (Fsp3) is 0.389. The number of rotatable bonds is 6. The monoisotopic (exact) mass is 459 g/mol. The van der Waals surface area contributed by atoms with E-state index in [1.165, 1.54) is 0 Å². The number of carbonyl (C=O) groups is 1. The van der Waals surface area contributed by atoms with Gasteiger partial charge in [0.2, 0.25) is 25.2 Å². The highest BCUT2D eigenvalue weighted by molar-refractivity contribution is 7.92. The standard InChI is InChI=1S/C18H19Cl2N3O3S2/c1-10-4-6-11(7-5-10)9-28(25,26)17-23-22-16(27-17)21-15(24)14-12(8-13(19)20)18(14,2)3/h4-8,12,14H,9H2,1-3H3,(H,21,22,24)/t12-,14-/m0/s1. The van der Waals surface area contributed by atoms with Crippen LogP contribution < -0.4 is 5.32 Å². The quantitative estimate of drug-likeness (QED) is 0.648. The van der Waals surface area contributed by atoms with E-state index in [-0.39, 0.29) is 42.9 Å². The van der Waals surface area contributed by atoms with Gasteiger partial charge in [0.05, 0.1) is 11.7 Å². The molecule has 1 aliphatic rings. The number of amides is 1. The highest BCUT2D eigenvalue weighted by atomic mass is 35.5. The molecule has 1 aromatic carbocycles. The van der Waals surface area contributed by atoms with Gasteiger partial charge in [0.1, 0.15) is 4.49 Å². The molecule has 0 unspecified atom stereocenters. The summed E-state index contributed by atoms with van der Waals surface area (Å²) in [6, 6.07) is 7.24. The second-order valence-corrected chi connectivity index (χ2v) is 11.5. The van der Waals surface area contributed by atoms with Crippen LogP contribution in [0, 0.1) is 24.2 Å². The summed E-state index contributed by atoms with van der Waals surface area (Å²) in [7, 11) is -3.65. The van der Waals surface area contributed by atoms with Crippen LogP contribution >= 0.6 is 34.5 Å². The van der Waals surface area contributed by atoms with Crippen molar-refractivity contribution in [3.8, 4) is 0 Å². The van der Waals surface area contributed by atoms with Crippen molar-refractivity contribution < 1.29 is 13.2 Å². The van der Waals surface area contributed by atoms with Gasteiger partial charge in [-0.1, -0.05) is 78.2 Å². The topological polar surface area (TPSA) is 89.0 Å². The van der Waals surface area contributed by atoms with E-state index in [4.69, 9.17) is 23.2 Å². The van der Waals surface area contributed by atoms with Crippen molar-refractivity contribution in [2.24, 2.45) is 17.3 Å². The van der Waals surface area contributed by atoms with E-state index in [1.807, 2.05) is 32.9 Å². The number of hydrogen-bond donors (Lipinski definition) is 1. The largest absolute Gasteiger partial charge is 0.300 e. The fourth-order valence-electron chi connectivity index (χ4n) is 3.16. The van der Waals surface area contributed by atoms with Crippen molar-refractivity contribution in [2.45, 2.75) is 30.9 Å². The number of allylic oxidation sites excluding steroid dienone is 1. The summed E-state index contributed by atoms with van der Waals surface area (Å²) in [6.45, 7) is 5.81. The van der Waals surface area contributed by atoms with Gasteiger partial charge in [-0.15, -0.1) is 10.2 Å². The molecule has 1 amide bonds. The van der Waals surface area contributed by atoms with Gasteiger partial charge in [-0.2, -0.15) is 0 Å². The van der Waals surface area contributed by atoms with E-state index in [1.54, 1.807) is 18.2 Å². The molecule has 0 spiro atoms. The van der Waals surface area contributed by atoms with Gasteiger partial charge >= 0.3 is 0 Å². The maximum absolute atomic E-state index is 12.6. The summed E-state index contributed by atoms with van der Waals surface area (Å²) >= 11 is 12.3. The van der Waals surface area contributed by atoms with Crippen LogP contribution in [0.5, 0.6) is 0 Å². The minimum atomic E-state index is -3.65. The van der Waals surface area contributed by atoms with Crippen LogP contribution in [0.3, 0.4) is 0 Å². The molecule has 6 nitrogen and oxygen atoms in total. The van der Waals surface area contributed by atoms with E-state index in [9.17, 15) is 13.2 Å². The predicted molar refractivity (Wildman–Crippen MR) is 111 cm³/mol. The van der Waals surface area contributed by atoms with E-state index in [0.29, 0.717) is 5.56 Å². The Bertz CT molecular complexity index is 1030. The fourth-order valence-corrected chi connectivity index (χ4v) is 5.75. The summed E-state index contributed by atoms with van der Waals surface area (Å²) in [5.41, 5.74) is 1.43. The number of nitrogens with zero attached hydrogens (tertiary/aromatic N) is 2. The Kier molecular flexibility index (Phi) is 5.87. The first-order chi connectivity index (χ1) is 13.0. The second kappa shape index (κ2) is 7.74. The molecule has 1 aliphatic carbocycles. The summed E-state index contributed by atoms with van der Waals surface area (Å²) in [5, 5.41) is 10.4. The number of aryl methyl sites for hydroxylation is 1. The summed E-state index contributed by atoms with van der Waals surface area (Å²) < 4.78 is 25.1. The SMILES string of the molecule is Cc1ccc(CS(=O)(=O)c2nnc(NC(=O)[C@@H]3[C@H](C=C(Cl)Cl)C3(C)C)s2)cc1. The van der Waals surface area contributed by atoms with Crippen LogP contribution in [0.4, 0.5) is 5.13 Å². The molecule has 1 saturated carbocycles. The van der Waals surface area contributed by atoms with Gasteiger partial charge < -0.3 is 5.32 Å². The van der Waals surface area contributed by atoms with E-state index >= 15 is 0 Å². The van der Waals surface area contributed by atoms with Crippen molar-refractivity contribution in [3.63, 3.8) is 0 Å². The third-order valence-corrected chi connectivity index (χ3v) is 8.10. The van der Waals surface area contributed by atoms with Crippen LogP contribution in [0.25, 0.3) is 0 Å². The second-order valence-electron chi connectivity index (χ2n) is 7.39.